The minimum atomic E-state index is -3.35. The number of amides is 2. The van der Waals surface area contributed by atoms with Gasteiger partial charge >= 0.3 is 6.03 Å². The predicted molar refractivity (Wildman–Crippen MR) is 146 cm³/mol. The van der Waals surface area contributed by atoms with Gasteiger partial charge < -0.3 is 21.1 Å². The number of aryl methyl sites for hydroxylation is 1. The fraction of sp³-hybridized carbons (Fsp3) is 0.345. The van der Waals surface area contributed by atoms with Gasteiger partial charge in [-0.1, -0.05) is 55.5 Å². The lowest BCUT2D eigenvalue weighted by atomic mass is 9.97. The Balaban J connectivity index is 1.48. The van der Waals surface area contributed by atoms with Gasteiger partial charge in [-0.15, -0.1) is 0 Å². The summed E-state index contributed by atoms with van der Waals surface area (Å²) in [5.74, 6) is -1.68. The molecule has 0 bridgehead atoms. The molecule has 39 heavy (non-hydrogen) atoms. The fourth-order valence-electron chi connectivity index (χ4n) is 4.80. The highest BCUT2D eigenvalue weighted by Crippen LogP contribution is 2.29. The highest BCUT2D eigenvalue weighted by atomic mass is 32.2. The second kappa shape index (κ2) is 12.7. The van der Waals surface area contributed by atoms with Gasteiger partial charge in [0, 0.05) is 25.2 Å². The molecule has 2 amide bonds. The molecule has 10 heteroatoms. The summed E-state index contributed by atoms with van der Waals surface area (Å²) in [4.78, 5) is 12.7. The van der Waals surface area contributed by atoms with Crippen LogP contribution in [0.4, 0.5) is 13.6 Å². The van der Waals surface area contributed by atoms with E-state index in [1.807, 2.05) is 55.5 Å². The van der Waals surface area contributed by atoms with Gasteiger partial charge in [0.05, 0.1) is 23.7 Å². The molecule has 3 aromatic carbocycles. The van der Waals surface area contributed by atoms with Gasteiger partial charge in [-0.25, -0.2) is 22.0 Å². The second-order valence-electron chi connectivity index (χ2n) is 9.87. The molecule has 0 spiro atoms. The summed E-state index contributed by atoms with van der Waals surface area (Å²) >= 11 is 0. The molecule has 0 unspecified atom stereocenters. The van der Waals surface area contributed by atoms with E-state index in [-0.39, 0.29) is 36.6 Å². The average Bonchev–Trinajstić information content (AvgIpc) is 2.89. The number of sulfone groups is 1. The molecule has 0 radical (unpaired) electrons. The number of rotatable bonds is 10. The summed E-state index contributed by atoms with van der Waals surface area (Å²) in [5, 5.41) is 19.7. The van der Waals surface area contributed by atoms with Gasteiger partial charge in [0.25, 0.3) is 0 Å². The highest BCUT2D eigenvalue weighted by molar-refractivity contribution is 7.90. The maximum absolute atomic E-state index is 13.8. The summed E-state index contributed by atoms with van der Waals surface area (Å²) in [5.41, 5.74) is 3.80. The summed E-state index contributed by atoms with van der Waals surface area (Å²) < 4.78 is 52.8. The van der Waals surface area contributed by atoms with Crippen molar-refractivity contribution in [2.45, 2.75) is 50.3 Å². The third-order valence-corrected chi connectivity index (χ3v) is 8.41. The van der Waals surface area contributed by atoms with E-state index < -0.39 is 45.7 Å². The first kappa shape index (κ1) is 28.7. The topological polar surface area (TPSA) is 108 Å². The predicted octanol–water partition coefficient (Wildman–Crippen LogP) is 3.56. The lowest BCUT2D eigenvalue weighted by Gasteiger charge is -2.30. The number of hydrogen-bond donors (Lipinski definition) is 4. The quantitative estimate of drug-likeness (QED) is 0.305. The molecule has 0 aromatic heterocycles. The van der Waals surface area contributed by atoms with Gasteiger partial charge in [-0.3, -0.25) is 0 Å². The molecule has 7 nitrogen and oxygen atoms in total. The number of carbonyl (C=O) groups excluding carboxylic acids is 1. The molecule has 1 heterocycles. The Hall–Kier alpha value is -3.34. The lowest BCUT2D eigenvalue weighted by Crippen LogP contribution is -2.52. The van der Waals surface area contributed by atoms with Crippen molar-refractivity contribution < 1.29 is 27.1 Å². The molecule has 0 saturated heterocycles. The number of fused-ring (bicyclic) bond motifs is 1. The minimum Gasteiger partial charge on any atom is -0.390 e. The van der Waals surface area contributed by atoms with Crippen molar-refractivity contribution in [1.29, 1.82) is 0 Å². The smallest absolute Gasteiger partial charge is 0.315 e. The van der Waals surface area contributed by atoms with E-state index in [2.05, 4.69) is 16.0 Å². The molecule has 1 aliphatic rings. The molecule has 4 N–H and O–H groups in total. The van der Waals surface area contributed by atoms with Crippen LogP contribution in [-0.2, 0) is 35.0 Å². The van der Waals surface area contributed by atoms with E-state index in [9.17, 15) is 27.1 Å². The molecule has 0 saturated carbocycles. The Morgan fingerprint density at radius 2 is 1.72 bits per heavy atom. The third kappa shape index (κ3) is 8.08. The number of halogens is 2. The standard InChI is InChI=1S/C29H33F2N3O4S/c1-2-19-8-9-22-17-39(37,38)18-27(25(22)12-19)32-16-28(35)26(13-21-10-23(30)14-24(31)11-21)34-29(36)33-15-20-6-4-3-5-7-20/h3-12,14,26-28,32,35H,2,13,15-18H2,1H3,(H2,33,34,36)/t26-,27-,28+/m0/s1. The maximum Gasteiger partial charge on any atom is 0.315 e. The number of nitrogens with one attached hydrogen (secondary N) is 3. The Morgan fingerprint density at radius 3 is 2.41 bits per heavy atom. The fourth-order valence-corrected chi connectivity index (χ4v) is 6.46. The summed E-state index contributed by atoms with van der Waals surface area (Å²) in [7, 11) is -3.35. The van der Waals surface area contributed by atoms with Crippen LogP contribution in [0, 0.1) is 11.6 Å². The molecule has 0 fully saturated rings. The molecule has 4 rings (SSSR count). The highest BCUT2D eigenvalue weighted by Gasteiger charge is 2.31. The van der Waals surface area contributed by atoms with Crippen LogP contribution < -0.4 is 16.0 Å². The summed E-state index contributed by atoms with van der Waals surface area (Å²) in [6.07, 6.45) is -0.444. The van der Waals surface area contributed by atoms with E-state index in [4.69, 9.17) is 0 Å². The zero-order valence-corrected chi connectivity index (χ0v) is 22.5. The normalized spacial score (nSPS) is 17.6. The molecule has 0 aliphatic carbocycles. The van der Waals surface area contributed by atoms with Crippen molar-refractivity contribution in [3.63, 3.8) is 0 Å². The van der Waals surface area contributed by atoms with Crippen LogP contribution >= 0.6 is 0 Å². The van der Waals surface area contributed by atoms with Crippen LogP contribution in [-0.4, -0.2) is 44.0 Å². The van der Waals surface area contributed by atoms with Crippen LogP contribution in [0.1, 0.15) is 40.8 Å². The first-order valence-electron chi connectivity index (χ1n) is 12.9. The first-order valence-corrected chi connectivity index (χ1v) is 14.7. The summed E-state index contributed by atoms with van der Waals surface area (Å²) in [6, 6.07) is 16.0. The van der Waals surface area contributed by atoms with Crippen LogP contribution in [0.5, 0.6) is 0 Å². The van der Waals surface area contributed by atoms with E-state index in [0.29, 0.717) is 0 Å². The number of carbonyl (C=O) groups is 1. The van der Waals surface area contributed by atoms with E-state index in [1.54, 1.807) is 0 Å². The van der Waals surface area contributed by atoms with Crippen molar-refractivity contribution >= 4 is 15.9 Å². The largest absolute Gasteiger partial charge is 0.390 e. The van der Waals surface area contributed by atoms with E-state index in [0.717, 1.165) is 46.9 Å². The maximum atomic E-state index is 13.8. The molecule has 208 valence electrons. The van der Waals surface area contributed by atoms with Gasteiger partial charge in [0.15, 0.2) is 9.84 Å². The van der Waals surface area contributed by atoms with Gasteiger partial charge in [-0.2, -0.15) is 0 Å². The minimum absolute atomic E-state index is 0.0377. The third-order valence-electron chi connectivity index (χ3n) is 6.82. The molecule has 1 aliphatic heterocycles. The van der Waals surface area contributed by atoms with Crippen molar-refractivity contribution in [2.75, 3.05) is 12.3 Å². The Morgan fingerprint density at radius 1 is 1.00 bits per heavy atom. The Bertz CT molecular complexity index is 1380. The van der Waals surface area contributed by atoms with Gasteiger partial charge in [0.2, 0.25) is 0 Å². The van der Waals surface area contributed by atoms with Crippen LogP contribution in [0.3, 0.4) is 0 Å². The Kier molecular flexibility index (Phi) is 9.32. The van der Waals surface area contributed by atoms with Gasteiger partial charge in [-0.05, 0) is 52.8 Å². The molecule has 3 atom stereocenters. The number of hydrogen-bond acceptors (Lipinski definition) is 5. The molecule has 3 aromatic rings. The number of urea groups is 1. The molecular weight excluding hydrogens is 524 g/mol. The Labute approximate surface area is 227 Å². The molecular formula is C29H33F2N3O4S. The zero-order valence-electron chi connectivity index (χ0n) is 21.7. The van der Waals surface area contributed by atoms with Crippen molar-refractivity contribution in [3.8, 4) is 0 Å². The van der Waals surface area contributed by atoms with E-state index in [1.165, 1.54) is 0 Å². The van der Waals surface area contributed by atoms with E-state index >= 15 is 0 Å². The van der Waals surface area contributed by atoms with Crippen molar-refractivity contribution in [3.05, 3.63) is 106 Å². The first-order chi connectivity index (χ1) is 18.6. The number of aliphatic hydroxyl groups is 1. The van der Waals surface area contributed by atoms with Crippen molar-refractivity contribution in [1.82, 2.24) is 16.0 Å². The lowest BCUT2D eigenvalue weighted by molar-refractivity contribution is 0.124. The zero-order chi connectivity index (χ0) is 28.0. The van der Waals surface area contributed by atoms with Crippen LogP contribution in [0.2, 0.25) is 0 Å². The van der Waals surface area contributed by atoms with Gasteiger partial charge in [0.1, 0.15) is 11.6 Å². The van der Waals surface area contributed by atoms with Crippen LogP contribution in [0.15, 0.2) is 66.7 Å². The summed E-state index contributed by atoms with van der Waals surface area (Å²) in [6.45, 7) is 2.21. The number of benzene rings is 3. The average molecular weight is 558 g/mol. The number of aliphatic hydroxyl groups excluding tert-OH is 1. The van der Waals surface area contributed by atoms with Crippen molar-refractivity contribution in [2.24, 2.45) is 0 Å². The van der Waals surface area contributed by atoms with Crippen LogP contribution in [0.25, 0.3) is 0 Å². The second-order valence-corrected chi connectivity index (χ2v) is 12.0. The monoisotopic (exact) mass is 557 g/mol. The SMILES string of the molecule is CCc1ccc2c(c1)[C@@H](NC[C@@H](O)[C@H](Cc1cc(F)cc(F)c1)NC(=O)NCc1ccccc1)CS(=O)(=O)C2.